The van der Waals surface area contributed by atoms with Crippen LogP contribution in [0.5, 0.6) is 0 Å². The summed E-state index contributed by atoms with van der Waals surface area (Å²) >= 11 is 0. The van der Waals surface area contributed by atoms with Gasteiger partial charge in [-0.05, 0) is 47.6 Å². The maximum Gasteiger partial charge on any atom is 0.410 e. The fourth-order valence-electron chi connectivity index (χ4n) is 2.05. The number of hydrogen-bond donors (Lipinski definition) is 1. The lowest BCUT2D eigenvalue weighted by Gasteiger charge is -2.31. The standard InChI is InChI=1S/C12H24N2O2/c1-9(13-5)10-7-6-8-14(10)11(15)16-12(2,3)4/h9-10,13H,6-8H2,1-5H3/t9-,10-/m1/s1. The van der Waals surface area contributed by atoms with E-state index in [1.165, 1.54) is 0 Å². The summed E-state index contributed by atoms with van der Waals surface area (Å²) in [5.74, 6) is 0. The second-order valence-electron chi connectivity index (χ2n) is 5.46. The normalized spacial score (nSPS) is 23.3. The van der Waals surface area contributed by atoms with E-state index in [9.17, 15) is 4.79 Å². The summed E-state index contributed by atoms with van der Waals surface area (Å²) in [4.78, 5) is 13.8. The summed E-state index contributed by atoms with van der Waals surface area (Å²) in [6.07, 6.45) is 1.94. The van der Waals surface area contributed by atoms with E-state index in [-0.39, 0.29) is 12.1 Å². The van der Waals surface area contributed by atoms with E-state index < -0.39 is 5.60 Å². The molecule has 0 bridgehead atoms. The number of ether oxygens (including phenoxy) is 1. The van der Waals surface area contributed by atoms with Crippen LogP contribution in [0.1, 0.15) is 40.5 Å². The van der Waals surface area contributed by atoms with Crippen molar-refractivity contribution >= 4 is 6.09 Å². The highest BCUT2D eigenvalue weighted by molar-refractivity contribution is 5.69. The third-order valence-corrected chi connectivity index (χ3v) is 2.96. The molecule has 0 aromatic carbocycles. The number of hydrogen-bond acceptors (Lipinski definition) is 3. The van der Waals surface area contributed by atoms with Crippen LogP contribution in [-0.4, -0.2) is 42.3 Å². The van der Waals surface area contributed by atoms with Crippen molar-refractivity contribution in [1.29, 1.82) is 0 Å². The minimum atomic E-state index is -0.410. The molecule has 1 aliphatic heterocycles. The number of amides is 1. The van der Waals surface area contributed by atoms with E-state index in [2.05, 4.69) is 12.2 Å². The number of rotatable bonds is 2. The Hall–Kier alpha value is -0.770. The van der Waals surface area contributed by atoms with E-state index in [0.717, 1.165) is 19.4 Å². The molecule has 1 saturated heterocycles. The highest BCUT2D eigenvalue weighted by atomic mass is 16.6. The molecule has 1 amide bonds. The summed E-state index contributed by atoms with van der Waals surface area (Å²) in [7, 11) is 1.93. The first-order chi connectivity index (χ1) is 7.35. The summed E-state index contributed by atoms with van der Waals surface area (Å²) in [6.45, 7) is 8.62. The number of nitrogens with zero attached hydrogens (tertiary/aromatic N) is 1. The summed E-state index contributed by atoms with van der Waals surface area (Å²) in [6, 6.07) is 0.579. The highest BCUT2D eigenvalue weighted by Crippen LogP contribution is 2.22. The van der Waals surface area contributed by atoms with E-state index in [4.69, 9.17) is 4.74 Å². The SMILES string of the molecule is CN[C@H](C)[C@H]1CCCN1C(=O)OC(C)(C)C. The molecule has 1 aliphatic rings. The van der Waals surface area contributed by atoms with Crippen molar-refractivity contribution in [1.82, 2.24) is 10.2 Å². The Morgan fingerprint density at radius 2 is 2.12 bits per heavy atom. The molecular formula is C12H24N2O2. The summed E-state index contributed by atoms with van der Waals surface area (Å²) in [5.41, 5.74) is -0.410. The van der Waals surface area contributed by atoms with Gasteiger partial charge in [-0.2, -0.15) is 0 Å². The number of carbonyl (C=O) groups is 1. The molecule has 2 atom stereocenters. The Morgan fingerprint density at radius 3 is 2.62 bits per heavy atom. The average molecular weight is 228 g/mol. The highest BCUT2D eigenvalue weighted by Gasteiger charge is 2.34. The first-order valence-electron chi connectivity index (χ1n) is 6.02. The van der Waals surface area contributed by atoms with Gasteiger partial charge in [0.1, 0.15) is 5.60 Å². The van der Waals surface area contributed by atoms with Crippen LogP contribution in [-0.2, 0) is 4.74 Å². The Kier molecular flexibility index (Phi) is 4.19. The molecule has 0 spiro atoms. The van der Waals surface area contributed by atoms with Gasteiger partial charge in [0.05, 0.1) is 6.04 Å². The molecule has 1 heterocycles. The third kappa shape index (κ3) is 3.37. The van der Waals surface area contributed by atoms with Crippen molar-refractivity contribution in [2.75, 3.05) is 13.6 Å². The molecule has 0 radical (unpaired) electrons. The van der Waals surface area contributed by atoms with Gasteiger partial charge in [0.2, 0.25) is 0 Å². The van der Waals surface area contributed by atoms with Crippen molar-refractivity contribution < 1.29 is 9.53 Å². The maximum absolute atomic E-state index is 12.0. The zero-order chi connectivity index (χ0) is 12.3. The minimum absolute atomic E-state index is 0.183. The monoisotopic (exact) mass is 228 g/mol. The fraction of sp³-hybridized carbons (Fsp3) is 0.917. The lowest BCUT2D eigenvalue weighted by molar-refractivity contribution is 0.0203. The van der Waals surface area contributed by atoms with Crippen molar-refractivity contribution in [2.45, 2.75) is 58.2 Å². The van der Waals surface area contributed by atoms with Gasteiger partial charge in [-0.1, -0.05) is 0 Å². The van der Waals surface area contributed by atoms with Gasteiger partial charge in [-0.3, -0.25) is 0 Å². The maximum atomic E-state index is 12.0. The predicted octanol–water partition coefficient (Wildman–Crippen LogP) is 1.99. The summed E-state index contributed by atoms with van der Waals surface area (Å²) < 4.78 is 5.41. The summed E-state index contributed by atoms with van der Waals surface area (Å²) in [5, 5.41) is 3.21. The molecule has 1 fully saturated rings. The van der Waals surface area contributed by atoms with Crippen LogP contribution < -0.4 is 5.32 Å². The zero-order valence-corrected chi connectivity index (χ0v) is 11.0. The molecule has 1 N–H and O–H groups in total. The lowest BCUT2D eigenvalue weighted by atomic mass is 10.1. The second kappa shape index (κ2) is 5.04. The molecule has 0 aromatic heterocycles. The van der Waals surface area contributed by atoms with Crippen LogP contribution in [0.25, 0.3) is 0 Å². The van der Waals surface area contributed by atoms with Crippen molar-refractivity contribution in [3.8, 4) is 0 Å². The first-order valence-corrected chi connectivity index (χ1v) is 6.02. The van der Waals surface area contributed by atoms with Gasteiger partial charge in [0.25, 0.3) is 0 Å². The quantitative estimate of drug-likeness (QED) is 0.786. The molecule has 4 heteroatoms. The Bertz CT molecular complexity index is 248. The van der Waals surface area contributed by atoms with Gasteiger partial charge < -0.3 is 15.0 Å². The fourth-order valence-corrected chi connectivity index (χ4v) is 2.05. The number of nitrogens with one attached hydrogen (secondary N) is 1. The average Bonchev–Trinajstić information content (AvgIpc) is 2.62. The van der Waals surface area contributed by atoms with E-state index in [1.807, 2.05) is 32.7 Å². The van der Waals surface area contributed by atoms with Crippen LogP contribution >= 0.6 is 0 Å². The molecule has 0 aromatic rings. The van der Waals surface area contributed by atoms with E-state index >= 15 is 0 Å². The number of carbonyl (C=O) groups excluding carboxylic acids is 1. The molecule has 0 aliphatic carbocycles. The molecule has 94 valence electrons. The minimum Gasteiger partial charge on any atom is -0.444 e. The van der Waals surface area contributed by atoms with Crippen LogP contribution in [0.3, 0.4) is 0 Å². The number of likely N-dealkylation sites (N-methyl/N-ethyl adjacent to an activating group) is 1. The van der Waals surface area contributed by atoms with Crippen LogP contribution in [0.4, 0.5) is 4.79 Å². The first kappa shape index (κ1) is 13.3. The van der Waals surface area contributed by atoms with Crippen LogP contribution in [0.2, 0.25) is 0 Å². The Balaban J connectivity index is 2.61. The van der Waals surface area contributed by atoms with Gasteiger partial charge in [-0.15, -0.1) is 0 Å². The zero-order valence-electron chi connectivity index (χ0n) is 11.0. The molecule has 0 unspecified atom stereocenters. The van der Waals surface area contributed by atoms with Gasteiger partial charge in [0, 0.05) is 12.6 Å². The molecule has 4 nitrogen and oxygen atoms in total. The van der Waals surface area contributed by atoms with Gasteiger partial charge >= 0.3 is 6.09 Å². The molecule has 0 saturated carbocycles. The lowest BCUT2D eigenvalue weighted by Crippen LogP contribution is -2.48. The molecule has 1 rings (SSSR count). The van der Waals surface area contributed by atoms with Crippen molar-refractivity contribution in [2.24, 2.45) is 0 Å². The van der Waals surface area contributed by atoms with Crippen LogP contribution in [0.15, 0.2) is 0 Å². The topological polar surface area (TPSA) is 41.6 Å². The van der Waals surface area contributed by atoms with Crippen LogP contribution in [0, 0.1) is 0 Å². The Labute approximate surface area is 98.3 Å². The Morgan fingerprint density at radius 1 is 1.50 bits per heavy atom. The van der Waals surface area contributed by atoms with E-state index in [1.54, 1.807) is 0 Å². The molecular weight excluding hydrogens is 204 g/mol. The predicted molar refractivity (Wildman–Crippen MR) is 64.5 cm³/mol. The van der Waals surface area contributed by atoms with Gasteiger partial charge in [-0.25, -0.2) is 4.79 Å². The van der Waals surface area contributed by atoms with Gasteiger partial charge in [0.15, 0.2) is 0 Å². The molecule has 16 heavy (non-hydrogen) atoms. The van der Waals surface area contributed by atoms with E-state index in [0.29, 0.717) is 6.04 Å². The smallest absolute Gasteiger partial charge is 0.410 e. The second-order valence-corrected chi connectivity index (χ2v) is 5.46. The number of likely N-dealkylation sites (tertiary alicyclic amines) is 1. The van der Waals surface area contributed by atoms with Crippen molar-refractivity contribution in [3.05, 3.63) is 0 Å². The largest absolute Gasteiger partial charge is 0.444 e. The third-order valence-electron chi connectivity index (χ3n) is 2.96. The van der Waals surface area contributed by atoms with Crippen molar-refractivity contribution in [3.63, 3.8) is 0 Å².